The molecule has 0 atom stereocenters. The number of alkyl halides is 3. The van der Waals surface area contributed by atoms with Crippen LogP contribution >= 0.6 is 0 Å². The fraction of sp³-hybridized carbons (Fsp3) is 0.615. The molecule has 0 spiro atoms. The lowest BCUT2D eigenvalue weighted by Crippen LogP contribution is -2.29. The average Bonchev–Trinajstić information content (AvgIpc) is 2.25. The Bertz CT molecular complexity index is 452. The molecule has 0 saturated heterocycles. The van der Waals surface area contributed by atoms with Crippen molar-refractivity contribution in [1.29, 1.82) is 0 Å². The SMILES string of the molecule is CC(C)c1cc2c(nc1C(F)(F)F)CN(C)CC2. The number of halogens is 3. The molecular weight excluding hydrogens is 241 g/mol. The summed E-state index contributed by atoms with van der Waals surface area (Å²) in [6, 6.07) is 1.70. The number of rotatable bonds is 1. The normalized spacial score (nSPS) is 17.1. The summed E-state index contributed by atoms with van der Waals surface area (Å²) in [6.07, 6.45) is -3.60. The van der Waals surface area contributed by atoms with Gasteiger partial charge < -0.3 is 4.90 Å². The average molecular weight is 258 g/mol. The van der Waals surface area contributed by atoms with E-state index >= 15 is 0 Å². The molecule has 0 N–H and O–H groups in total. The number of fused-ring (bicyclic) bond motifs is 1. The Morgan fingerprint density at radius 3 is 2.56 bits per heavy atom. The highest BCUT2D eigenvalue weighted by atomic mass is 19.4. The fourth-order valence-electron chi connectivity index (χ4n) is 2.28. The largest absolute Gasteiger partial charge is 0.433 e. The molecule has 100 valence electrons. The summed E-state index contributed by atoms with van der Waals surface area (Å²) >= 11 is 0. The zero-order chi connectivity index (χ0) is 13.5. The van der Waals surface area contributed by atoms with Gasteiger partial charge in [0.1, 0.15) is 5.69 Å². The quantitative estimate of drug-likeness (QED) is 0.769. The number of likely N-dealkylation sites (N-methyl/N-ethyl adjacent to an activating group) is 1. The van der Waals surface area contributed by atoms with Crippen LogP contribution < -0.4 is 0 Å². The van der Waals surface area contributed by atoms with E-state index < -0.39 is 11.9 Å². The molecule has 0 aromatic carbocycles. The van der Waals surface area contributed by atoms with Crippen LogP contribution in [0.1, 0.15) is 42.3 Å². The van der Waals surface area contributed by atoms with Crippen LogP contribution in [-0.2, 0) is 19.1 Å². The van der Waals surface area contributed by atoms with Crippen LogP contribution in [0.5, 0.6) is 0 Å². The maximum Gasteiger partial charge on any atom is 0.433 e. The van der Waals surface area contributed by atoms with Crippen molar-refractivity contribution in [3.8, 4) is 0 Å². The Hall–Kier alpha value is -1.10. The van der Waals surface area contributed by atoms with E-state index in [1.165, 1.54) is 0 Å². The van der Waals surface area contributed by atoms with Gasteiger partial charge in [-0.15, -0.1) is 0 Å². The van der Waals surface area contributed by atoms with Crippen LogP contribution in [0.3, 0.4) is 0 Å². The number of hydrogen-bond acceptors (Lipinski definition) is 2. The second kappa shape index (κ2) is 4.53. The predicted octanol–water partition coefficient (Wildman–Crippen LogP) is 3.21. The minimum Gasteiger partial charge on any atom is -0.300 e. The molecule has 0 aliphatic carbocycles. The van der Waals surface area contributed by atoms with Gasteiger partial charge in [-0.05, 0) is 30.5 Å². The van der Waals surface area contributed by atoms with E-state index in [9.17, 15) is 13.2 Å². The van der Waals surface area contributed by atoms with Crippen LogP contribution in [0.25, 0.3) is 0 Å². The molecule has 18 heavy (non-hydrogen) atoms. The zero-order valence-electron chi connectivity index (χ0n) is 10.8. The van der Waals surface area contributed by atoms with E-state index in [1.807, 2.05) is 11.9 Å². The summed E-state index contributed by atoms with van der Waals surface area (Å²) in [5.74, 6) is -0.168. The molecule has 0 bridgehead atoms. The van der Waals surface area contributed by atoms with Crippen molar-refractivity contribution < 1.29 is 13.2 Å². The molecule has 1 aliphatic heterocycles. The molecule has 1 aromatic rings. The van der Waals surface area contributed by atoms with Gasteiger partial charge in [-0.25, -0.2) is 4.98 Å². The molecule has 1 aliphatic rings. The Balaban J connectivity index is 2.54. The highest BCUT2D eigenvalue weighted by Crippen LogP contribution is 2.35. The highest BCUT2D eigenvalue weighted by molar-refractivity contribution is 5.35. The summed E-state index contributed by atoms with van der Waals surface area (Å²) in [5.41, 5.74) is 1.13. The van der Waals surface area contributed by atoms with E-state index in [1.54, 1.807) is 19.9 Å². The van der Waals surface area contributed by atoms with E-state index in [-0.39, 0.29) is 5.92 Å². The fourth-order valence-corrected chi connectivity index (χ4v) is 2.28. The summed E-state index contributed by atoms with van der Waals surface area (Å²) < 4.78 is 39.0. The zero-order valence-corrected chi connectivity index (χ0v) is 10.8. The molecule has 0 unspecified atom stereocenters. The monoisotopic (exact) mass is 258 g/mol. The lowest BCUT2D eigenvalue weighted by molar-refractivity contribution is -0.142. The number of hydrogen-bond donors (Lipinski definition) is 0. The molecule has 0 saturated carbocycles. The van der Waals surface area contributed by atoms with Gasteiger partial charge in [-0.1, -0.05) is 19.9 Å². The summed E-state index contributed by atoms with van der Waals surface area (Å²) in [7, 11) is 1.90. The summed E-state index contributed by atoms with van der Waals surface area (Å²) in [5, 5.41) is 0. The second-order valence-electron chi connectivity index (χ2n) is 5.17. The standard InChI is InChI=1S/C13H17F3N2/c1-8(2)10-6-9-4-5-18(3)7-11(9)17-12(10)13(14,15)16/h6,8H,4-5,7H2,1-3H3. The van der Waals surface area contributed by atoms with Gasteiger partial charge >= 0.3 is 6.18 Å². The van der Waals surface area contributed by atoms with Crippen molar-refractivity contribution in [2.75, 3.05) is 13.6 Å². The maximum absolute atomic E-state index is 13.0. The van der Waals surface area contributed by atoms with Gasteiger partial charge in [0.15, 0.2) is 0 Å². The third-order valence-corrected chi connectivity index (χ3v) is 3.29. The summed E-state index contributed by atoms with van der Waals surface area (Å²) in [4.78, 5) is 5.88. The Morgan fingerprint density at radius 1 is 1.33 bits per heavy atom. The molecule has 5 heteroatoms. The van der Waals surface area contributed by atoms with E-state index in [0.29, 0.717) is 17.8 Å². The third kappa shape index (κ3) is 2.51. The number of nitrogens with zero attached hydrogens (tertiary/aromatic N) is 2. The number of pyridine rings is 1. The van der Waals surface area contributed by atoms with Crippen LogP contribution in [-0.4, -0.2) is 23.5 Å². The van der Waals surface area contributed by atoms with E-state index in [0.717, 1.165) is 18.5 Å². The first kappa shape index (κ1) is 13.3. The molecular formula is C13H17F3N2. The van der Waals surface area contributed by atoms with Crippen LogP contribution in [0.15, 0.2) is 6.07 Å². The lowest BCUT2D eigenvalue weighted by atomic mass is 9.95. The second-order valence-corrected chi connectivity index (χ2v) is 5.17. The molecule has 0 fully saturated rings. The molecule has 2 nitrogen and oxygen atoms in total. The van der Waals surface area contributed by atoms with Crippen molar-refractivity contribution in [1.82, 2.24) is 9.88 Å². The molecule has 2 heterocycles. The van der Waals surface area contributed by atoms with Crippen molar-refractivity contribution in [2.45, 2.75) is 38.9 Å². The van der Waals surface area contributed by atoms with Gasteiger partial charge in [0, 0.05) is 13.1 Å². The smallest absolute Gasteiger partial charge is 0.300 e. The van der Waals surface area contributed by atoms with Crippen molar-refractivity contribution in [3.63, 3.8) is 0 Å². The van der Waals surface area contributed by atoms with Gasteiger partial charge in [0.2, 0.25) is 0 Å². The first-order chi connectivity index (χ1) is 8.29. The van der Waals surface area contributed by atoms with Gasteiger partial charge in [-0.2, -0.15) is 13.2 Å². The highest BCUT2D eigenvalue weighted by Gasteiger charge is 2.37. The minimum absolute atomic E-state index is 0.168. The molecule has 0 radical (unpaired) electrons. The van der Waals surface area contributed by atoms with Gasteiger partial charge in [0.25, 0.3) is 0 Å². The molecule has 1 aromatic heterocycles. The maximum atomic E-state index is 13.0. The Kier molecular flexibility index (Phi) is 3.36. The topological polar surface area (TPSA) is 16.1 Å². The third-order valence-electron chi connectivity index (χ3n) is 3.29. The molecule has 0 amide bonds. The first-order valence-electron chi connectivity index (χ1n) is 6.07. The molecule has 2 rings (SSSR count). The van der Waals surface area contributed by atoms with Crippen molar-refractivity contribution >= 4 is 0 Å². The van der Waals surface area contributed by atoms with Crippen molar-refractivity contribution in [3.05, 3.63) is 28.6 Å². The van der Waals surface area contributed by atoms with E-state index in [4.69, 9.17) is 0 Å². The summed E-state index contributed by atoms with van der Waals surface area (Å²) in [6.45, 7) is 4.91. The van der Waals surface area contributed by atoms with Crippen LogP contribution in [0, 0.1) is 0 Å². The van der Waals surface area contributed by atoms with E-state index in [2.05, 4.69) is 4.98 Å². The van der Waals surface area contributed by atoms with Gasteiger partial charge in [-0.3, -0.25) is 0 Å². The lowest BCUT2D eigenvalue weighted by Gasteiger charge is -2.26. The van der Waals surface area contributed by atoms with Crippen molar-refractivity contribution in [2.24, 2.45) is 0 Å². The predicted molar refractivity (Wildman–Crippen MR) is 63.4 cm³/mol. The van der Waals surface area contributed by atoms with Crippen LogP contribution in [0.4, 0.5) is 13.2 Å². The van der Waals surface area contributed by atoms with Gasteiger partial charge in [0.05, 0.1) is 5.69 Å². The minimum atomic E-state index is -4.37. The Labute approximate surface area is 105 Å². The van der Waals surface area contributed by atoms with Crippen LogP contribution in [0.2, 0.25) is 0 Å². The Morgan fingerprint density at radius 2 is 2.00 bits per heavy atom. The number of aromatic nitrogens is 1. The first-order valence-corrected chi connectivity index (χ1v) is 6.07.